The first kappa shape index (κ1) is 19.9. The summed E-state index contributed by atoms with van der Waals surface area (Å²) in [6, 6.07) is 28.0. The van der Waals surface area contributed by atoms with Gasteiger partial charge in [-0.3, -0.25) is 9.59 Å². The molecule has 5 heteroatoms. The third kappa shape index (κ3) is 3.61. The molecule has 5 rings (SSSR count). The summed E-state index contributed by atoms with van der Waals surface area (Å²) < 4.78 is 1.18. The number of rotatable bonds is 3. The Kier molecular flexibility index (Phi) is 5.13. The van der Waals surface area contributed by atoms with Crippen LogP contribution < -0.4 is 5.56 Å². The third-order valence-electron chi connectivity index (χ3n) is 5.34. The Morgan fingerprint density at radius 2 is 1.59 bits per heavy atom. The topological polar surface area (TPSA) is 52.0 Å². The lowest BCUT2D eigenvalue weighted by Gasteiger charge is -2.11. The number of para-hydroxylation sites is 2. The van der Waals surface area contributed by atoms with Crippen LogP contribution in [0.5, 0.6) is 0 Å². The van der Waals surface area contributed by atoms with Crippen molar-refractivity contribution in [3.63, 3.8) is 0 Å². The van der Waals surface area contributed by atoms with Crippen LogP contribution in [0.25, 0.3) is 39.0 Å². The molecule has 0 amide bonds. The average Bonchev–Trinajstić information content (AvgIpc) is 2.82. The fraction of sp³-hybridized carbons (Fsp3) is 0. The number of carbonyl (C=O) groups excluding carboxylic acids is 1. The minimum Gasteiger partial charge on any atom is -0.269 e. The SMILES string of the molecule is O=C(C=Cc1cc2ccccc2nc1Cl)n1c(=O)cc(-c2ccccc2)c2ccccc21. The number of aromatic nitrogens is 2. The molecule has 0 spiro atoms. The summed E-state index contributed by atoms with van der Waals surface area (Å²) >= 11 is 6.31. The Balaban J connectivity index is 1.60. The van der Waals surface area contributed by atoms with E-state index in [9.17, 15) is 9.59 Å². The van der Waals surface area contributed by atoms with Gasteiger partial charge in [-0.2, -0.15) is 0 Å². The summed E-state index contributed by atoms with van der Waals surface area (Å²) in [6.45, 7) is 0. The van der Waals surface area contributed by atoms with Gasteiger partial charge in [0.25, 0.3) is 11.5 Å². The largest absolute Gasteiger partial charge is 0.269 e. The number of hydrogen-bond donors (Lipinski definition) is 0. The molecule has 0 atom stereocenters. The van der Waals surface area contributed by atoms with Gasteiger partial charge in [-0.25, -0.2) is 9.55 Å². The Morgan fingerprint density at radius 3 is 2.44 bits per heavy atom. The number of pyridine rings is 2. The van der Waals surface area contributed by atoms with Gasteiger partial charge in [0.15, 0.2) is 0 Å². The Labute approximate surface area is 189 Å². The molecule has 0 aliphatic carbocycles. The predicted molar refractivity (Wildman–Crippen MR) is 130 cm³/mol. The fourth-order valence-electron chi connectivity index (χ4n) is 3.83. The fourth-order valence-corrected chi connectivity index (χ4v) is 4.03. The van der Waals surface area contributed by atoms with Gasteiger partial charge in [-0.05, 0) is 35.4 Å². The van der Waals surface area contributed by atoms with Crippen LogP contribution in [0.2, 0.25) is 5.15 Å². The highest BCUT2D eigenvalue weighted by Gasteiger charge is 2.14. The number of nitrogens with zero attached hydrogens (tertiary/aromatic N) is 2. The van der Waals surface area contributed by atoms with Crippen LogP contribution >= 0.6 is 11.6 Å². The molecule has 0 saturated carbocycles. The molecule has 0 bridgehead atoms. The molecule has 0 radical (unpaired) electrons. The number of carbonyl (C=O) groups is 1. The Hall–Kier alpha value is -4.02. The summed E-state index contributed by atoms with van der Waals surface area (Å²) in [5, 5.41) is 2.04. The van der Waals surface area contributed by atoms with Crippen molar-refractivity contribution in [1.82, 2.24) is 9.55 Å². The lowest BCUT2D eigenvalue weighted by atomic mass is 10.0. The molecule has 4 nitrogen and oxygen atoms in total. The second kappa shape index (κ2) is 8.25. The minimum absolute atomic E-state index is 0.296. The summed E-state index contributed by atoms with van der Waals surface area (Å²) in [7, 11) is 0. The third-order valence-corrected chi connectivity index (χ3v) is 5.64. The minimum atomic E-state index is -0.449. The summed E-state index contributed by atoms with van der Waals surface area (Å²) in [5.41, 5.74) is 3.26. The Bertz CT molecular complexity index is 1570. The van der Waals surface area contributed by atoms with Crippen LogP contribution in [0.3, 0.4) is 0 Å². The monoisotopic (exact) mass is 436 g/mol. The van der Waals surface area contributed by atoms with E-state index in [0.29, 0.717) is 16.2 Å². The predicted octanol–water partition coefficient (Wildman–Crippen LogP) is 6.22. The average molecular weight is 437 g/mol. The van der Waals surface area contributed by atoms with Crippen LogP contribution in [0.15, 0.2) is 102 Å². The van der Waals surface area contributed by atoms with Crippen molar-refractivity contribution in [3.8, 4) is 11.1 Å². The van der Waals surface area contributed by atoms with Crippen molar-refractivity contribution >= 4 is 45.4 Å². The van der Waals surface area contributed by atoms with E-state index in [4.69, 9.17) is 11.6 Å². The van der Waals surface area contributed by atoms with Crippen LogP contribution in [0.1, 0.15) is 10.4 Å². The molecule has 3 aromatic carbocycles. The first-order chi connectivity index (χ1) is 15.6. The molecule has 5 aromatic rings. The van der Waals surface area contributed by atoms with E-state index >= 15 is 0 Å². The number of fused-ring (bicyclic) bond motifs is 2. The first-order valence-electron chi connectivity index (χ1n) is 10.1. The second-order valence-electron chi connectivity index (χ2n) is 7.35. The van der Waals surface area contributed by atoms with Crippen molar-refractivity contribution in [2.45, 2.75) is 0 Å². The van der Waals surface area contributed by atoms with Crippen molar-refractivity contribution in [2.24, 2.45) is 0 Å². The second-order valence-corrected chi connectivity index (χ2v) is 7.71. The van der Waals surface area contributed by atoms with Crippen LogP contribution in [0.4, 0.5) is 0 Å². The zero-order chi connectivity index (χ0) is 22.1. The molecule has 0 aliphatic rings. The van der Waals surface area contributed by atoms with E-state index < -0.39 is 5.91 Å². The standard InChI is InChI=1S/C27H17ClN2O2/c28-27-20(16-19-10-4-6-12-23(19)29-27)14-15-25(31)30-24-13-7-5-11-21(24)22(17-26(30)32)18-8-2-1-3-9-18/h1-17H. The number of benzene rings is 3. The summed E-state index contributed by atoms with van der Waals surface area (Å²) in [6.07, 6.45) is 2.95. The molecule has 0 unspecified atom stereocenters. The first-order valence-corrected chi connectivity index (χ1v) is 10.5. The van der Waals surface area contributed by atoms with E-state index in [1.807, 2.05) is 78.9 Å². The lowest BCUT2D eigenvalue weighted by molar-refractivity contribution is 0.0971. The normalized spacial score (nSPS) is 11.4. The highest BCUT2D eigenvalue weighted by molar-refractivity contribution is 6.31. The molecule has 2 heterocycles. The zero-order valence-electron chi connectivity index (χ0n) is 16.9. The van der Waals surface area contributed by atoms with Gasteiger partial charge in [0.05, 0.1) is 11.0 Å². The van der Waals surface area contributed by atoms with Crippen molar-refractivity contribution < 1.29 is 4.79 Å². The number of hydrogen-bond acceptors (Lipinski definition) is 3. The van der Waals surface area contributed by atoms with Gasteiger partial charge in [0, 0.05) is 28.5 Å². The van der Waals surface area contributed by atoms with Gasteiger partial charge < -0.3 is 0 Å². The van der Waals surface area contributed by atoms with Gasteiger partial charge in [0.2, 0.25) is 0 Å². The molecular formula is C27H17ClN2O2. The smallest absolute Gasteiger partial charge is 0.258 e. The number of halogens is 1. The van der Waals surface area contributed by atoms with E-state index in [0.717, 1.165) is 27.4 Å². The maximum Gasteiger partial charge on any atom is 0.258 e. The number of allylic oxidation sites excluding steroid dienone is 1. The van der Waals surface area contributed by atoms with Gasteiger partial charge >= 0.3 is 0 Å². The van der Waals surface area contributed by atoms with E-state index in [1.54, 1.807) is 12.1 Å². The van der Waals surface area contributed by atoms with E-state index in [-0.39, 0.29) is 5.56 Å². The van der Waals surface area contributed by atoms with Gasteiger partial charge in [0.1, 0.15) is 5.15 Å². The van der Waals surface area contributed by atoms with Crippen LogP contribution in [-0.4, -0.2) is 15.5 Å². The van der Waals surface area contributed by atoms with Gasteiger partial charge in [-0.15, -0.1) is 0 Å². The molecule has 0 aliphatic heterocycles. The van der Waals surface area contributed by atoms with E-state index in [2.05, 4.69) is 4.98 Å². The quantitative estimate of drug-likeness (QED) is 0.249. The van der Waals surface area contributed by atoms with E-state index in [1.165, 1.54) is 16.7 Å². The summed E-state index contributed by atoms with van der Waals surface area (Å²) in [5.74, 6) is -0.449. The Morgan fingerprint density at radius 1 is 0.875 bits per heavy atom. The highest BCUT2D eigenvalue weighted by atomic mass is 35.5. The van der Waals surface area contributed by atoms with Gasteiger partial charge in [-0.1, -0.05) is 78.3 Å². The molecule has 2 aromatic heterocycles. The van der Waals surface area contributed by atoms with Crippen molar-refractivity contribution in [3.05, 3.63) is 118 Å². The molecule has 0 fully saturated rings. The zero-order valence-corrected chi connectivity index (χ0v) is 17.7. The van der Waals surface area contributed by atoms with Crippen molar-refractivity contribution in [1.29, 1.82) is 0 Å². The lowest BCUT2D eigenvalue weighted by Crippen LogP contribution is -2.25. The maximum atomic E-state index is 13.1. The van der Waals surface area contributed by atoms with Crippen LogP contribution in [0, 0.1) is 0 Å². The highest BCUT2D eigenvalue weighted by Crippen LogP contribution is 2.27. The molecule has 0 saturated heterocycles. The van der Waals surface area contributed by atoms with Crippen LogP contribution in [-0.2, 0) is 0 Å². The molecule has 0 N–H and O–H groups in total. The summed E-state index contributed by atoms with van der Waals surface area (Å²) in [4.78, 5) is 30.5. The maximum absolute atomic E-state index is 13.1. The molecule has 32 heavy (non-hydrogen) atoms. The molecular weight excluding hydrogens is 420 g/mol. The molecule has 154 valence electrons. The van der Waals surface area contributed by atoms with Crippen molar-refractivity contribution in [2.75, 3.05) is 0 Å².